The summed E-state index contributed by atoms with van der Waals surface area (Å²) in [5.41, 5.74) is 1.22. The monoisotopic (exact) mass is 250 g/mol. The number of carboxylic acid groups (broad SMARTS) is 1. The number of hydrogen-bond donors (Lipinski definition) is 1. The highest BCUT2D eigenvalue weighted by Crippen LogP contribution is 2.37. The molecule has 0 aliphatic heterocycles. The summed E-state index contributed by atoms with van der Waals surface area (Å²) in [5.74, 6) is 0.189. The minimum absolute atomic E-state index is 0.186. The average molecular weight is 250 g/mol. The average Bonchev–Trinajstić information content (AvgIpc) is 2.38. The molecule has 0 aromatic heterocycles. The predicted molar refractivity (Wildman–Crippen MR) is 68.0 cm³/mol. The van der Waals surface area contributed by atoms with Crippen LogP contribution in [0.4, 0.5) is 4.39 Å². The van der Waals surface area contributed by atoms with Crippen LogP contribution < -0.4 is 0 Å². The van der Waals surface area contributed by atoms with Crippen molar-refractivity contribution in [3.8, 4) is 0 Å². The zero-order chi connectivity index (χ0) is 13.0. The van der Waals surface area contributed by atoms with Crippen molar-refractivity contribution < 1.29 is 14.3 Å². The Labute approximate surface area is 107 Å². The van der Waals surface area contributed by atoms with E-state index >= 15 is 0 Å². The first-order valence-electron chi connectivity index (χ1n) is 6.62. The molecule has 0 atom stereocenters. The predicted octanol–water partition coefficient (Wildman–Crippen LogP) is 3.96. The van der Waals surface area contributed by atoms with Crippen molar-refractivity contribution in [2.24, 2.45) is 5.92 Å². The number of aliphatic carboxylic acids is 1. The maximum absolute atomic E-state index is 12.8. The maximum Gasteiger partial charge on any atom is 0.303 e. The van der Waals surface area contributed by atoms with Crippen LogP contribution in [-0.2, 0) is 4.79 Å². The molecule has 2 nitrogen and oxygen atoms in total. The Hall–Kier alpha value is -1.38. The van der Waals surface area contributed by atoms with Crippen LogP contribution in [0.25, 0.3) is 0 Å². The summed E-state index contributed by atoms with van der Waals surface area (Å²) in [4.78, 5) is 10.5. The molecule has 1 aromatic carbocycles. The molecule has 0 radical (unpaired) electrons. The quantitative estimate of drug-likeness (QED) is 0.878. The van der Waals surface area contributed by atoms with Gasteiger partial charge in [-0.25, -0.2) is 4.39 Å². The highest BCUT2D eigenvalue weighted by Gasteiger charge is 2.22. The van der Waals surface area contributed by atoms with Crippen LogP contribution in [0.15, 0.2) is 24.3 Å². The molecule has 18 heavy (non-hydrogen) atoms. The van der Waals surface area contributed by atoms with Gasteiger partial charge in [-0.1, -0.05) is 12.1 Å². The highest BCUT2D eigenvalue weighted by molar-refractivity contribution is 5.66. The fraction of sp³-hybridized carbons (Fsp3) is 0.533. The Bertz CT molecular complexity index is 391. The summed E-state index contributed by atoms with van der Waals surface area (Å²) in [6.45, 7) is 0. The molecule has 1 aromatic rings. The Morgan fingerprint density at radius 2 is 1.78 bits per heavy atom. The third-order valence-corrected chi connectivity index (χ3v) is 3.95. The van der Waals surface area contributed by atoms with Crippen molar-refractivity contribution >= 4 is 5.97 Å². The van der Waals surface area contributed by atoms with E-state index in [-0.39, 0.29) is 12.2 Å². The zero-order valence-corrected chi connectivity index (χ0v) is 10.4. The lowest BCUT2D eigenvalue weighted by Crippen LogP contribution is -2.14. The van der Waals surface area contributed by atoms with Gasteiger partial charge in [0, 0.05) is 6.42 Å². The van der Waals surface area contributed by atoms with Gasteiger partial charge in [0.2, 0.25) is 0 Å². The van der Waals surface area contributed by atoms with E-state index < -0.39 is 5.97 Å². The molecule has 0 unspecified atom stereocenters. The van der Waals surface area contributed by atoms with Crippen LogP contribution >= 0.6 is 0 Å². The summed E-state index contributed by atoms with van der Waals surface area (Å²) in [6.07, 6.45) is 5.45. The fourth-order valence-corrected chi connectivity index (χ4v) is 2.85. The standard InChI is InChI=1S/C15H19FO2/c16-14-8-6-13(7-9-14)12-4-1-11(2-5-12)3-10-15(17)18/h6-9,11-12H,1-5,10H2,(H,17,18). The van der Waals surface area contributed by atoms with Gasteiger partial charge >= 0.3 is 5.97 Å². The number of halogens is 1. The summed E-state index contributed by atoms with van der Waals surface area (Å²) >= 11 is 0. The lowest BCUT2D eigenvalue weighted by atomic mass is 9.77. The molecule has 0 spiro atoms. The molecular formula is C15H19FO2. The first-order valence-corrected chi connectivity index (χ1v) is 6.62. The van der Waals surface area contributed by atoms with Crippen LogP contribution in [0.3, 0.4) is 0 Å². The second kappa shape index (κ2) is 5.98. The minimum atomic E-state index is -0.698. The smallest absolute Gasteiger partial charge is 0.303 e. The van der Waals surface area contributed by atoms with Crippen molar-refractivity contribution in [3.63, 3.8) is 0 Å². The molecule has 98 valence electrons. The van der Waals surface area contributed by atoms with E-state index in [4.69, 9.17) is 5.11 Å². The van der Waals surface area contributed by atoms with Gasteiger partial charge in [0.25, 0.3) is 0 Å². The van der Waals surface area contributed by atoms with Crippen molar-refractivity contribution in [2.45, 2.75) is 44.4 Å². The second-order valence-electron chi connectivity index (χ2n) is 5.20. The molecule has 1 N–H and O–H groups in total. The molecule has 1 fully saturated rings. The van der Waals surface area contributed by atoms with Crippen LogP contribution in [0.5, 0.6) is 0 Å². The molecule has 1 aliphatic rings. The molecule has 0 bridgehead atoms. The van der Waals surface area contributed by atoms with E-state index in [1.807, 2.05) is 12.1 Å². The minimum Gasteiger partial charge on any atom is -0.481 e. The molecule has 3 heteroatoms. The van der Waals surface area contributed by atoms with Crippen LogP contribution in [-0.4, -0.2) is 11.1 Å². The van der Waals surface area contributed by atoms with Crippen LogP contribution in [0.2, 0.25) is 0 Å². The van der Waals surface area contributed by atoms with E-state index in [2.05, 4.69) is 0 Å². The molecule has 0 saturated heterocycles. The lowest BCUT2D eigenvalue weighted by Gasteiger charge is -2.28. The Balaban J connectivity index is 1.83. The first-order chi connectivity index (χ1) is 8.65. The van der Waals surface area contributed by atoms with Gasteiger partial charge < -0.3 is 5.11 Å². The number of rotatable bonds is 4. The SMILES string of the molecule is O=C(O)CCC1CCC(c2ccc(F)cc2)CC1. The molecule has 0 heterocycles. The summed E-state index contributed by atoms with van der Waals surface area (Å²) in [6, 6.07) is 6.78. The summed E-state index contributed by atoms with van der Waals surface area (Å²) < 4.78 is 12.8. The van der Waals surface area contributed by atoms with Gasteiger partial charge in [-0.3, -0.25) is 4.79 Å². The molecular weight excluding hydrogens is 231 g/mol. The highest BCUT2D eigenvalue weighted by atomic mass is 19.1. The van der Waals surface area contributed by atoms with E-state index in [0.717, 1.165) is 32.1 Å². The largest absolute Gasteiger partial charge is 0.481 e. The van der Waals surface area contributed by atoms with Crippen molar-refractivity contribution in [1.29, 1.82) is 0 Å². The van der Waals surface area contributed by atoms with Gasteiger partial charge in [0.15, 0.2) is 0 Å². The molecule has 0 amide bonds. The van der Waals surface area contributed by atoms with Crippen LogP contribution in [0.1, 0.15) is 50.0 Å². The number of carboxylic acids is 1. The van der Waals surface area contributed by atoms with E-state index in [9.17, 15) is 9.18 Å². The summed E-state index contributed by atoms with van der Waals surface area (Å²) in [5, 5.41) is 8.66. The number of hydrogen-bond acceptors (Lipinski definition) is 1. The number of benzene rings is 1. The Morgan fingerprint density at radius 1 is 1.17 bits per heavy atom. The normalized spacial score (nSPS) is 23.8. The Morgan fingerprint density at radius 3 is 2.33 bits per heavy atom. The molecule has 2 rings (SSSR count). The van der Waals surface area contributed by atoms with Gasteiger partial charge in [-0.05, 0) is 61.6 Å². The third kappa shape index (κ3) is 3.56. The summed E-state index contributed by atoms with van der Waals surface area (Å²) in [7, 11) is 0. The third-order valence-electron chi connectivity index (χ3n) is 3.95. The van der Waals surface area contributed by atoms with E-state index in [0.29, 0.717) is 11.8 Å². The van der Waals surface area contributed by atoms with E-state index in [1.165, 1.54) is 17.7 Å². The van der Waals surface area contributed by atoms with E-state index in [1.54, 1.807) is 0 Å². The van der Waals surface area contributed by atoms with Gasteiger partial charge in [-0.15, -0.1) is 0 Å². The van der Waals surface area contributed by atoms with Crippen molar-refractivity contribution in [3.05, 3.63) is 35.6 Å². The zero-order valence-electron chi connectivity index (χ0n) is 10.4. The first kappa shape index (κ1) is 13.1. The van der Waals surface area contributed by atoms with Gasteiger partial charge in [0.1, 0.15) is 5.82 Å². The Kier molecular flexibility index (Phi) is 4.34. The lowest BCUT2D eigenvalue weighted by molar-refractivity contribution is -0.137. The van der Waals surface area contributed by atoms with Crippen molar-refractivity contribution in [1.82, 2.24) is 0 Å². The van der Waals surface area contributed by atoms with Crippen LogP contribution in [0, 0.1) is 11.7 Å². The molecule has 1 aliphatic carbocycles. The topological polar surface area (TPSA) is 37.3 Å². The molecule has 1 saturated carbocycles. The fourth-order valence-electron chi connectivity index (χ4n) is 2.85. The van der Waals surface area contributed by atoms with Gasteiger partial charge in [-0.2, -0.15) is 0 Å². The maximum atomic E-state index is 12.8. The van der Waals surface area contributed by atoms with Gasteiger partial charge in [0.05, 0.1) is 0 Å². The number of carbonyl (C=O) groups is 1. The second-order valence-corrected chi connectivity index (χ2v) is 5.20. The van der Waals surface area contributed by atoms with Crippen molar-refractivity contribution in [2.75, 3.05) is 0 Å².